The third kappa shape index (κ3) is 6.04. The normalized spacial score (nSPS) is 22.4. The number of hydrogen-bond donors (Lipinski definition) is 1. The standard InChI is InChI=1S/C13H26N4O2S2.HI/c1-12-2-5-16(6-3-12)13(14)15-4-11-21(18,19)17-7-9-20-10-8-17;/h12H,2-11H2,1H3,(H2,14,15);1H. The lowest BCUT2D eigenvalue weighted by Crippen LogP contribution is -2.43. The highest BCUT2D eigenvalue weighted by Gasteiger charge is 2.23. The predicted octanol–water partition coefficient (Wildman–Crippen LogP) is 1.03. The second-order valence-electron chi connectivity index (χ2n) is 5.74. The molecule has 2 heterocycles. The first-order valence-corrected chi connectivity index (χ1v) is 10.4. The summed E-state index contributed by atoms with van der Waals surface area (Å²) in [4.78, 5) is 6.32. The Bertz CT molecular complexity index is 459. The molecule has 2 aliphatic heterocycles. The Hall–Kier alpha value is 0.260. The highest BCUT2D eigenvalue weighted by atomic mass is 127. The third-order valence-electron chi connectivity index (χ3n) is 4.09. The molecular weight excluding hydrogens is 435 g/mol. The van der Waals surface area contributed by atoms with Gasteiger partial charge in [-0.05, 0) is 18.8 Å². The van der Waals surface area contributed by atoms with E-state index in [0.717, 1.165) is 43.4 Å². The fourth-order valence-electron chi connectivity index (χ4n) is 2.57. The molecule has 2 rings (SSSR count). The van der Waals surface area contributed by atoms with Crippen LogP contribution in [0.3, 0.4) is 0 Å². The molecule has 0 spiro atoms. The Labute approximate surface area is 155 Å². The molecular formula is C13H27IN4O2S2. The van der Waals surface area contributed by atoms with Gasteiger partial charge in [0.25, 0.3) is 0 Å². The SMILES string of the molecule is CC1CCN(C(N)=NCCS(=O)(=O)N2CCSCC2)CC1.I. The van der Waals surface area contributed by atoms with E-state index in [-0.39, 0.29) is 36.3 Å². The molecule has 0 aromatic rings. The zero-order valence-electron chi connectivity index (χ0n) is 13.1. The van der Waals surface area contributed by atoms with E-state index in [1.54, 1.807) is 16.1 Å². The van der Waals surface area contributed by atoms with Crippen LogP contribution in [0.1, 0.15) is 19.8 Å². The second-order valence-corrected chi connectivity index (χ2v) is 9.05. The molecule has 0 aromatic heterocycles. The number of rotatable bonds is 4. The summed E-state index contributed by atoms with van der Waals surface area (Å²) in [6, 6.07) is 0. The van der Waals surface area contributed by atoms with Crippen molar-refractivity contribution in [2.24, 2.45) is 16.6 Å². The summed E-state index contributed by atoms with van der Waals surface area (Å²) < 4.78 is 25.9. The molecule has 2 saturated heterocycles. The van der Waals surface area contributed by atoms with E-state index >= 15 is 0 Å². The Morgan fingerprint density at radius 3 is 2.41 bits per heavy atom. The molecule has 0 radical (unpaired) electrons. The van der Waals surface area contributed by atoms with Gasteiger partial charge in [-0.2, -0.15) is 11.8 Å². The van der Waals surface area contributed by atoms with Crippen LogP contribution >= 0.6 is 35.7 Å². The number of nitrogens with two attached hydrogens (primary N) is 1. The second kappa shape index (κ2) is 9.53. The minimum absolute atomic E-state index is 0. The van der Waals surface area contributed by atoms with Gasteiger partial charge in [-0.15, -0.1) is 24.0 Å². The van der Waals surface area contributed by atoms with Gasteiger partial charge in [0.05, 0.1) is 12.3 Å². The molecule has 2 aliphatic rings. The van der Waals surface area contributed by atoms with Crippen LogP contribution in [0.15, 0.2) is 4.99 Å². The lowest BCUT2D eigenvalue weighted by atomic mass is 10.00. The zero-order valence-corrected chi connectivity index (χ0v) is 17.1. The molecule has 0 atom stereocenters. The van der Waals surface area contributed by atoms with Crippen molar-refractivity contribution < 1.29 is 8.42 Å². The average Bonchev–Trinajstić information content (AvgIpc) is 2.48. The minimum atomic E-state index is -3.18. The van der Waals surface area contributed by atoms with Gasteiger partial charge in [-0.25, -0.2) is 12.7 Å². The monoisotopic (exact) mass is 462 g/mol. The lowest BCUT2D eigenvalue weighted by molar-refractivity contribution is 0.278. The van der Waals surface area contributed by atoms with Crippen molar-refractivity contribution in [2.75, 3.05) is 50.0 Å². The number of thioether (sulfide) groups is 1. The fourth-order valence-corrected chi connectivity index (χ4v) is 5.02. The van der Waals surface area contributed by atoms with Crippen molar-refractivity contribution >= 4 is 51.7 Å². The molecule has 0 aliphatic carbocycles. The van der Waals surface area contributed by atoms with Gasteiger partial charge < -0.3 is 10.6 Å². The predicted molar refractivity (Wildman–Crippen MR) is 105 cm³/mol. The highest BCUT2D eigenvalue weighted by Crippen LogP contribution is 2.16. The molecule has 22 heavy (non-hydrogen) atoms. The molecule has 0 saturated carbocycles. The van der Waals surface area contributed by atoms with Crippen LogP contribution in [0.4, 0.5) is 0 Å². The minimum Gasteiger partial charge on any atom is -0.370 e. The first-order valence-electron chi connectivity index (χ1n) is 7.59. The molecule has 0 amide bonds. The van der Waals surface area contributed by atoms with Crippen molar-refractivity contribution in [1.82, 2.24) is 9.21 Å². The summed E-state index contributed by atoms with van der Waals surface area (Å²) in [6.07, 6.45) is 2.25. The number of guanidine groups is 1. The van der Waals surface area contributed by atoms with Crippen LogP contribution < -0.4 is 5.73 Å². The molecule has 0 bridgehead atoms. The Morgan fingerprint density at radius 1 is 1.23 bits per heavy atom. The number of hydrogen-bond acceptors (Lipinski definition) is 4. The van der Waals surface area contributed by atoms with Gasteiger partial charge >= 0.3 is 0 Å². The molecule has 2 fully saturated rings. The van der Waals surface area contributed by atoms with Crippen molar-refractivity contribution in [1.29, 1.82) is 0 Å². The van der Waals surface area contributed by atoms with E-state index in [4.69, 9.17) is 5.73 Å². The highest BCUT2D eigenvalue weighted by molar-refractivity contribution is 14.0. The summed E-state index contributed by atoms with van der Waals surface area (Å²) >= 11 is 1.80. The van der Waals surface area contributed by atoms with Crippen LogP contribution in [-0.4, -0.2) is 73.6 Å². The summed E-state index contributed by atoms with van der Waals surface area (Å²) in [7, 11) is -3.18. The number of aliphatic imine (C=N–C) groups is 1. The molecule has 2 N–H and O–H groups in total. The average molecular weight is 462 g/mol. The number of likely N-dealkylation sites (tertiary alicyclic amines) is 1. The van der Waals surface area contributed by atoms with Crippen LogP contribution in [0, 0.1) is 5.92 Å². The first kappa shape index (κ1) is 20.3. The Morgan fingerprint density at radius 2 is 1.82 bits per heavy atom. The largest absolute Gasteiger partial charge is 0.370 e. The maximum Gasteiger partial charge on any atom is 0.215 e. The van der Waals surface area contributed by atoms with E-state index in [9.17, 15) is 8.42 Å². The van der Waals surface area contributed by atoms with E-state index in [1.165, 1.54) is 0 Å². The molecule has 0 aromatic carbocycles. The summed E-state index contributed by atoms with van der Waals surface area (Å²) in [5.74, 6) is 3.06. The van der Waals surface area contributed by atoms with E-state index in [0.29, 0.717) is 19.0 Å². The fraction of sp³-hybridized carbons (Fsp3) is 0.923. The van der Waals surface area contributed by atoms with Gasteiger partial charge in [0.1, 0.15) is 0 Å². The number of halogens is 1. The summed E-state index contributed by atoms with van der Waals surface area (Å²) in [5, 5.41) is 0. The smallest absolute Gasteiger partial charge is 0.215 e. The van der Waals surface area contributed by atoms with Crippen LogP contribution in [0.2, 0.25) is 0 Å². The van der Waals surface area contributed by atoms with Gasteiger partial charge in [-0.3, -0.25) is 4.99 Å². The number of sulfonamides is 1. The lowest BCUT2D eigenvalue weighted by Gasteiger charge is -2.31. The Balaban J connectivity index is 0.00000242. The third-order valence-corrected chi connectivity index (χ3v) is 6.89. The van der Waals surface area contributed by atoms with Crippen molar-refractivity contribution in [3.05, 3.63) is 0 Å². The van der Waals surface area contributed by atoms with Crippen molar-refractivity contribution in [2.45, 2.75) is 19.8 Å². The van der Waals surface area contributed by atoms with Crippen molar-refractivity contribution in [3.63, 3.8) is 0 Å². The maximum absolute atomic E-state index is 12.2. The van der Waals surface area contributed by atoms with E-state index in [2.05, 4.69) is 16.8 Å². The Kier molecular flexibility index (Phi) is 8.80. The maximum atomic E-state index is 12.2. The molecule has 9 heteroatoms. The van der Waals surface area contributed by atoms with Gasteiger partial charge in [0.15, 0.2) is 5.96 Å². The molecule has 0 unspecified atom stereocenters. The number of piperidine rings is 1. The summed E-state index contributed by atoms with van der Waals surface area (Å²) in [6.45, 7) is 5.59. The molecule has 130 valence electrons. The first-order chi connectivity index (χ1) is 9.99. The van der Waals surface area contributed by atoms with Gasteiger partial charge in [0, 0.05) is 37.7 Å². The number of nitrogens with zero attached hydrogens (tertiary/aromatic N) is 3. The van der Waals surface area contributed by atoms with Gasteiger partial charge in [-0.1, -0.05) is 6.92 Å². The topological polar surface area (TPSA) is 79.0 Å². The van der Waals surface area contributed by atoms with Crippen LogP contribution in [0.25, 0.3) is 0 Å². The molecule has 6 nitrogen and oxygen atoms in total. The quantitative estimate of drug-likeness (QED) is 0.384. The van der Waals surface area contributed by atoms with Crippen LogP contribution in [-0.2, 0) is 10.0 Å². The van der Waals surface area contributed by atoms with Crippen molar-refractivity contribution in [3.8, 4) is 0 Å². The van der Waals surface area contributed by atoms with E-state index in [1.807, 2.05) is 0 Å². The zero-order chi connectivity index (χ0) is 15.3. The van der Waals surface area contributed by atoms with Crippen LogP contribution in [0.5, 0.6) is 0 Å². The van der Waals surface area contributed by atoms with Gasteiger partial charge in [0.2, 0.25) is 10.0 Å². The summed E-state index contributed by atoms with van der Waals surface area (Å²) in [5.41, 5.74) is 5.97. The van der Waals surface area contributed by atoms with E-state index < -0.39 is 10.0 Å².